The first-order chi connectivity index (χ1) is 10.5. The first kappa shape index (κ1) is 19.0. The van der Waals surface area contributed by atoms with E-state index in [1.807, 2.05) is 13.8 Å². The summed E-state index contributed by atoms with van der Waals surface area (Å²) in [6, 6.07) is 0. The predicted molar refractivity (Wildman–Crippen MR) is 86.4 cm³/mol. The summed E-state index contributed by atoms with van der Waals surface area (Å²) in [7, 11) is 0. The van der Waals surface area contributed by atoms with Crippen molar-refractivity contribution in [1.29, 1.82) is 0 Å². The number of ether oxygens (including phenoxy) is 2. The zero-order chi connectivity index (χ0) is 16.4. The Bertz CT molecular complexity index is 330. The highest BCUT2D eigenvalue weighted by Crippen LogP contribution is 2.30. The van der Waals surface area contributed by atoms with E-state index in [1.165, 1.54) is 19.3 Å². The fourth-order valence-corrected chi connectivity index (χ4v) is 2.89. The predicted octanol–water partition coefficient (Wildman–Crippen LogP) is 4.26. The van der Waals surface area contributed by atoms with Crippen LogP contribution in [-0.4, -0.2) is 24.6 Å². The number of carbonyl (C=O) groups is 2. The molecule has 0 bridgehead atoms. The highest BCUT2D eigenvalue weighted by molar-refractivity contribution is 5.75. The number of esters is 2. The van der Waals surface area contributed by atoms with Gasteiger partial charge >= 0.3 is 11.9 Å². The van der Waals surface area contributed by atoms with Crippen LogP contribution in [-0.2, 0) is 19.1 Å². The molecule has 0 spiro atoms. The van der Waals surface area contributed by atoms with Crippen LogP contribution >= 0.6 is 0 Å². The lowest BCUT2D eigenvalue weighted by Crippen LogP contribution is -2.29. The van der Waals surface area contributed by atoms with Gasteiger partial charge in [-0.05, 0) is 46.0 Å². The number of hydrogen-bond donors (Lipinski definition) is 0. The van der Waals surface area contributed by atoms with Crippen LogP contribution in [0.5, 0.6) is 0 Å². The van der Waals surface area contributed by atoms with E-state index >= 15 is 0 Å². The Balaban J connectivity index is 2.15. The normalized spacial score (nSPS) is 21.6. The van der Waals surface area contributed by atoms with E-state index in [2.05, 4.69) is 6.92 Å². The van der Waals surface area contributed by atoms with Crippen molar-refractivity contribution in [2.75, 3.05) is 6.61 Å². The van der Waals surface area contributed by atoms with Gasteiger partial charge in [0.05, 0.1) is 24.5 Å². The fourth-order valence-electron chi connectivity index (χ4n) is 2.89. The van der Waals surface area contributed by atoms with Crippen LogP contribution in [0.2, 0.25) is 0 Å². The van der Waals surface area contributed by atoms with Gasteiger partial charge in [-0.25, -0.2) is 0 Å². The van der Waals surface area contributed by atoms with Gasteiger partial charge in [0, 0.05) is 0 Å². The Kier molecular flexibility index (Phi) is 9.17. The zero-order valence-corrected chi connectivity index (χ0v) is 14.4. The molecule has 0 unspecified atom stereocenters. The summed E-state index contributed by atoms with van der Waals surface area (Å²) in [6.07, 6.45) is 8.69. The molecule has 0 aromatic carbocycles. The van der Waals surface area contributed by atoms with E-state index in [0.29, 0.717) is 6.61 Å². The second-order valence-corrected chi connectivity index (χ2v) is 6.62. The van der Waals surface area contributed by atoms with Crippen molar-refractivity contribution in [3.8, 4) is 0 Å². The molecule has 0 saturated heterocycles. The van der Waals surface area contributed by atoms with E-state index < -0.39 is 0 Å². The average molecular weight is 312 g/mol. The summed E-state index contributed by atoms with van der Waals surface area (Å²) in [5.74, 6) is -0.261. The standard InChI is InChI=1S/C18H32O4/c1-4-5-6-7-8-13-21-17(19)15-9-11-16(12-10-15)18(20)22-14(2)3/h14-16H,4-13H2,1-3H3. The Morgan fingerprint density at radius 3 is 2.00 bits per heavy atom. The molecular weight excluding hydrogens is 280 g/mol. The van der Waals surface area contributed by atoms with Crippen LogP contribution in [0, 0.1) is 11.8 Å². The van der Waals surface area contributed by atoms with Crippen molar-refractivity contribution < 1.29 is 19.1 Å². The molecule has 1 aliphatic rings. The Morgan fingerprint density at radius 2 is 1.45 bits per heavy atom. The largest absolute Gasteiger partial charge is 0.465 e. The van der Waals surface area contributed by atoms with Crippen LogP contribution in [0.1, 0.15) is 78.6 Å². The molecule has 128 valence electrons. The van der Waals surface area contributed by atoms with Crippen LogP contribution in [0.15, 0.2) is 0 Å². The van der Waals surface area contributed by atoms with E-state index in [0.717, 1.165) is 38.5 Å². The molecule has 0 heterocycles. The van der Waals surface area contributed by atoms with E-state index in [-0.39, 0.29) is 29.9 Å². The van der Waals surface area contributed by atoms with E-state index in [9.17, 15) is 9.59 Å². The minimum atomic E-state index is -0.113. The van der Waals surface area contributed by atoms with Gasteiger partial charge in [-0.3, -0.25) is 9.59 Å². The van der Waals surface area contributed by atoms with Crippen molar-refractivity contribution in [3.63, 3.8) is 0 Å². The SMILES string of the molecule is CCCCCCCOC(=O)C1CCC(C(=O)OC(C)C)CC1. The Hall–Kier alpha value is -1.06. The lowest BCUT2D eigenvalue weighted by Gasteiger charge is -2.26. The second-order valence-electron chi connectivity index (χ2n) is 6.62. The minimum Gasteiger partial charge on any atom is -0.465 e. The van der Waals surface area contributed by atoms with Crippen molar-refractivity contribution in [3.05, 3.63) is 0 Å². The minimum absolute atomic E-state index is 0.0289. The molecule has 4 heteroatoms. The first-order valence-corrected chi connectivity index (χ1v) is 8.91. The molecule has 22 heavy (non-hydrogen) atoms. The zero-order valence-electron chi connectivity index (χ0n) is 14.4. The topological polar surface area (TPSA) is 52.6 Å². The van der Waals surface area contributed by atoms with E-state index in [1.54, 1.807) is 0 Å². The van der Waals surface area contributed by atoms with Gasteiger partial charge in [-0.2, -0.15) is 0 Å². The molecule has 0 amide bonds. The molecule has 1 aliphatic carbocycles. The molecule has 1 rings (SSSR count). The smallest absolute Gasteiger partial charge is 0.309 e. The lowest BCUT2D eigenvalue weighted by atomic mass is 9.82. The number of rotatable bonds is 9. The van der Waals surface area contributed by atoms with Crippen molar-refractivity contribution in [2.24, 2.45) is 11.8 Å². The third kappa shape index (κ3) is 7.28. The van der Waals surface area contributed by atoms with Crippen LogP contribution < -0.4 is 0 Å². The summed E-state index contributed by atoms with van der Waals surface area (Å²) in [4.78, 5) is 23.8. The molecule has 1 fully saturated rings. The quantitative estimate of drug-likeness (QED) is 0.471. The molecule has 4 nitrogen and oxygen atoms in total. The van der Waals surface area contributed by atoms with Gasteiger partial charge in [0.2, 0.25) is 0 Å². The van der Waals surface area contributed by atoms with Crippen LogP contribution in [0.4, 0.5) is 0 Å². The van der Waals surface area contributed by atoms with Gasteiger partial charge in [-0.15, -0.1) is 0 Å². The van der Waals surface area contributed by atoms with Crippen LogP contribution in [0.3, 0.4) is 0 Å². The molecule has 1 saturated carbocycles. The fraction of sp³-hybridized carbons (Fsp3) is 0.889. The molecule has 0 aromatic rings. The van der Waals surface area contributed by atoms with Gasteiger partial charge in [-0.1, -0.05) is 32.6 Å². The third-order valence-corrected chi connectivity index (χ3v) is 4.24. The molecule has 0 aromatic heterocycles. The lowest BCUT2D eigenvalue weighted by molar-refractivity contribution is -0.157. The van der Waals surface area contributed by atoms with Crippen molar-refractivity contribution >= 4 is 11.9 Å². The third-order valence-electron chi connectivity index (χ3n) is 4.24. The van der Waals surface area contributed by atoms with Crippen LogP contribution in [0.25, 0.3) is 0 Å². The van der Waals surface area contributed by atoms with Gasteiger partial charge < -0.3 is 9.47 Å². The molecule has 0 atom stereocenters. The molecule has 0 radical (unpaired) electrons. The summed E-state index contributed by atoms with van der Waals surface area (Å²) < 4.78 is 10.6. The van der Waals surface area contributed by atoms with Gasteiger partial charge in [0.25, 0.3) is 0 Å². The highest BCUT2D eigenvalue weighted by atomic mass is 16.5. The monoisotopic (exact) mass is 312 g/mol. The maximum atomic E-state index is 12.0. The highest BCUT2D eigenvalue weighted by Gasteiger charge is 2.31. The summed E-state index contributed by atoms with van der Waals surface area (Å²) in [5, 5.41) is 0. The van der Waals surface area contributed by atoms with Gasteiger partial charge in [0.1, 0.15) is 0 Å². The Morgan fingerprint density at radius 1 is 0.909 bits per heavy atom. The van der Waals surface area contributed by atoms with E-state index in [4.69, 9.17) is 9.47 Å². The van der Waals surface area contributed by atoms with Gasteiger partial charge in [0.15, 0.2) is 0 Å². The maximum absolute atomic E-state index is 12.0. The average Bonchev–Trinajstić information content (AvgIpc) is 2.50. The summed E-state index contributed by atoms with van der Waals surface area (Å²) in [6.45, 7) is 6.45. The molecule has 0 aliphatic heterocycles. The maximum Gasteiger partial charge on any atom is 0.309 e. The summed E-state index contributed by atoms with van der Waals surface area (Å²) >= 11 is 0. The Labute approximate surface area is 134 Å². The molecule has 0 N–H and O–H groups in total. The number of unbranched alkanes of at least 4 members (excludes halogenated alkanes) is 4. The summed E-state index contributed by atoms with van der Waals surface area (Å²) in [5.41, 5.74) is 0. The number of carbonyl (C=O) groups excluding carboxylic acids is 2. The molecular formula is C18H32O4. The van der Waals surface area contributed by atoms with Crippen molar-refractivity contribution in [1.82, 2.24) is 0 Å². The van der Waals surface area contributed by atoms with Crippen molar-refractivity contribution in [2.45, 2.75) is 84.7 Å². The second kappa shape index (κ2) is 10.6. The number of hydrogen-bond acceptors (Lipinski definition) is 4. The first-order valence-electron chi connectivity index (χ1n) is 8.91.